The molecular weight excluding hydrogens is 857 g/mol. The summed E-state index contributed by atoms with van der Waals surface area (Å²) in [5.74, 6) is 0. The molecule has 0 N–H and O–H groups in total. The molecule has 2 heterocycles. The van der Waals surface area contributed by atoms with Crippen LogP contribution in [0.1, 0.15) is 0 Å². The molecule has 68 heavy (non-hydrogen) atoms. The Morgan fingerprint density at radius 3 is 1.19 bits per heavy atom. The molecule has 0 spiro atoms. The number of hydrogen-bond donors (Lipinski definition) is 0. The highest BCUT2D eigenvalue weighted by Gasteiger charge is 2.18. The highest BCUT2D eigenvalue weighted by atomic mass is 32.1. The van der Waals surface area contributed by atoms with Gasteiger partial charge in [0.25, 0.3) is 0 Å². The van der Waals surface area contributed by atoms with Crippen molar-refractivity contribution in [2.75, 3.05) is 0 Å². The number of fused-ring (bicyclic) bond motifs is 18. The van der Waals surface area contributed by atoms with E-state index in [9.17, 15) is 0 Å². The number of hydrogen-bond acceptors (Lipinski definition) is 2. The Kier molecular flexibility index (Phi) is 8.21. The van der Waals surface area contributed by atoms with E-state index < -0.39 is 0 Å². The second kappa shape index (κ2) is 14.7. The number of thiophene rings is 2. The third-order valence-corrected chi connectivity index (χ3v) is 17.0. The highest BCUT2D eigenvalue weighted by molar-refractivity contribution is 7.26. The molecule has 0 unspecified atom stereocenters. The van der Waals surface area contributed by atoms with Crippen LogP contribution < -0.4 is 0 Å². The van der Waals surface area contributed by atoms with Crippen LogP contribution in [0.5, 0.6) is 0 Å². The molecule has 0 fully saturated rings. The largest absolute Gasteiger partial charge is 0.135 e. The summed E-state index contributed by atoms with van der Waals surface area (Å²) in [6.07, 6.45) is 0. The summed E-state index contributed by atoms with van der Waals surface area (Å²) in [6.45, 7) is 0. The molecule has 0 aliphatic carbocycles. The van der Waals surface area contributed by atoms with Crippen LogP contribution in [0.15, 0.2) is 231 Å². The summed E-state index contributed by atoms with van der Waals surface area (Å²) in [6, 6.07) is 86.5. The molecule has 2 aromatic heterocycles. The summed E-state index contributed by atoms with van der Waals surface area (Å²) in [5, 5.41) is 20.8. The Balaban J connectivity index is 0.875. The first-order valence-electron chi connectivity index (χ1n) is 23.4. The predicted molar refractivity (Wildman–Crippen MR) is 299 cm³/mol. The summed E-state index contributed by atoms with van der Waals surface area (Å²) in [5.41, 5.74) is 9.95. The lowest BCUT2D eigenvalue weighted by atomic mass is 9.91. The molecule has 15 aromatic rings. The van der Waals surface area contributed by atoms with E-state index in [0.29, 0.717) is 0 Å². The van der Waals surface area contributed by atoms with Crippen molar-refractivity contribution in [1.29, 1.82) is 0 Å². The fraction of sp³-hybridized carbons (Fsp3) is 0. The van der Waals surface area contributed by atoms with Gasteiger partial charge in [-0.1, -0.05) is 188 Å². The van der Waals surface area contributed by atoms with Crippen molar-refractivity contribution >= 4 is 128 Å². The second-order valence-corrected chi connectivity index (χ2v) is 20.4. The maximum absolute atomic E-state index is 2.44. The summed E-state index contributed by atoms with van der Waals surface area (Å²) in [7, 11) is 0. The van der Waals surface area contributed by atoms with E-state index in [1.807, 2.05) is 22.7 Å². The summed E-state index contributed by atoms with van der Waals surface area (Å²) in [4.78, 5) is 0. The van der Waals surface area contributed by atoms with Gasteiger partial charge in [-0.3, -0.25) is 0 Å². The molecule has 15 rings (SSSR count). The van der Waals surface area contributed by atoms with E-state index in [0.717, 1.165) is 0 Å². The van der Waals surface area contributed by atoms with Crippen molar-refractivity contribution in [3.8, 4) is 44.5 Å². The van der Waals surface area contributed by atoms with Gasteiger partial charge in [0.1, 0.15) is 0 Å². The molecule has 314 valence electrons. The molecule has 0 radical (unpaired) electrons. The van der Waals surface area contributed by atoms with E-state index in [1.54, 1.807) is 0 Å². The minimum absolute atomic E-state index is 1.22. The van der Waals surface area contributed by atoms with E-state index in [2.05, 4.69) is 231 Å². The second-order valence-electron chi connectivity index (χ2n) is 18.3. The lowest BCUT2D eigenvalue weighted by Crippen LogP contribution is -1.87. The average molecular weight is 895 g/mol. The van der Waals surface area contributed by atoms with Crippen LogP contribution in [0, 0.1) is 0 Å². The zero-order valence-corrected chi connectivity index (χ0v) is 38.4. The zero-order valence-electron chi connectivity index (χ0n) is 36.8. The van der Waals surface area contributed by atoms with Gasteiger partial charge < -0.3 is 0 Å². The first kappa shape index (κ1) is 38.0. The van der Waals surface area contributed by atoms with Crippen molar-refractivity contribution in [3.05, 3.63) is 231 Å². The Hall–Kier alpha value is -8.14. The van der Waals surface area contributed by atoms with Crippen LogP contribution in [0.2, 0.25) is 0 Å². The van der Waals surface area contributed by atoms with E-state index in [-0.39, 0.29) is 0 Å². The molecule has 13 aromatic carbocycles. The molecule has 0 aliphatic heterocycles. The van der Waals surface area contributed by atoms with Gasteiger partial charge in [-0.05, 0) is 146 Å². The highest BCUT2D eigenvalue weighted by Crippen LogP contribution is 2.47. The molecule has 0 nitrogen and oxygen atoms in total. The SMILES string of the molecule is c1cc(-c2ccc3c4ccccc4c4ccccc4c3c2)cc(-c2cc(-c3ccc4c(c3)sc3c(-c5ccc6c7ccccc7c7ccccc7c6c5)cccc34)cc3c2sc2ccccc23)c1. The van der Waals surface area contributed by atoms with E-state index in [4.69, 9.17) is 0 Å². The van der Waals surface area contributed by atoms with Crippen LogP contribution in [-0.2, 0) is 0 Å². The minimum Gasteiger partial charge on any atom is -0.135 e. The standard InChI is InChI=1S/C66H38S2/c1-3-19-50-46(15-1)48-17-5-7-21-52(48)60-34-40(27-30-54(50)60)39-13-11-14-42(33-39)59-36-44(37-62-56-23-9-10-26-63(56)67-66(59)62)41-28-32-57-58-25-12-24-45(65(58)68-64(57)38-41)43-29-31-55-51-20-4-2-16-47(51)49-18-6-8-22-53(49)61(55)35-43/h1-38H. The lowest BCUT2D eigenvalue weighted by molar-refractivity contribution is 1.63. The zero-order chi connectivity index (χ0) is 44.5. The van der Waals surface area contributed by atoms with Gasteiger partial charge in [0.15, 0.2) is 0 Å². The van der Waals surface area contributed by atoms with Crippen LogP contribution in [0.3, 0.4) is 0 Å². The Morgan fingerprint density at radius 1 is 0.176 bits per heavy atom. The normalized spacial score (nSPS) is 12.1. The number of benzene rings is 13. The van der Waals surface area contributed by atoms with Gasteiger partial charge in [-0.15, -0.1) is 22.7 Å². The average Bonchev–Trinajstić information content (AvgIpc) is 3.99. The van der Waals surface area contributed by atoms with Gasteiger partial charge in [0.2, 0.25) is 0 Å². The molecular formula is C66H38S2. The molecule has 0 amide bonds. The van der Waals surface area contributed by atoms with Crippen molar-refractivity contribution in [3.63, 3.8) is 0 Å². The van der Waals surface area contributed by atoms with Crippen LogP contribution in [0.25, 0.3) is 149 Å². The first-order chi connectivity index (χ1) is 33.7. The van der Waals surface area contributed by atoms with Gasteiger partial charge in [-0.2, -0.15) is 0 Å². The van der Waals surface area contributed by atoms with Crippen LogP contribution in [-0.4, -0.2) is 0 Å². The van der Waals surface area contributed by atoms with Gasteiger partial charge >= 0.3 is 0 Å². The fourth-order valence-electron chi connectivity index (χ4n) is 11.4. The van der Waals surface area contributed by atoms with Crippen molar-refractivity contribution in [2.24, 2.45) is 0 Å². The third kappa shape index (κ3) is 5.66. The lowest BCUT2D eigenvalue weighted by Gasteiger charge is -2.13. The van der Waals surface area contributed by atoms with E-state index in [1.165, 1.54) is 149 Å². The monoisotopic (exact) mass is 894 g/mol. The molecule has 0 saturated heterocycles. The molecule has 0 aliphatic rings. The fourth-order valence-corrected chi connectivity index (χ4v) is 13.9. The quantitative estimate of drug-likeness (QED) is 0.154. The maximum atomic E-state index is 2.44. The summed E-state index contributed by atoms with van der Waals surface area (Å²) >= 11 is 3.82. The molecule has 0 bridgehead atoms. The third-order valence-electron chi connectivity index (χ3n) is 14.6. The Labute approximate surface area is 400 Å². The van der Waals surface area contributed by atoms with Crippen molar-refractivity contribution in [2.45, 2.75) is 0 Å². The predicted octanol–water partition coefficient (Wildman–Crippen LogP) is 20.0. The Morgan fingerprint density at radius 2 is 0.559 bits per heavy atom. The summed E-state index contributed by atoms with van der Waals surface area (Å²) < 4.78 is 5.27. The van der Waals surface area contributed by atoms with Gasteiger partial charge in [-0.25, -0.2) is 0 Å². The van der Waals surface area contributed by atoms with Gasteiger partial charge in [0, 0.05) is 45.9 Å². The van der Waals surface area contributed by atoms with Crippen LogP contribution in [0.4, 0.5) is 0 Å². The first-order valence-corrected chi connectivity index (χ1v) is 25.0. The topological polar surface area (TPSA) is 0 Å². The smallest absolute Gasteiger partial charge is 0.0434 e. The minimum atomic E-state index is 1.22. The maximum Gasteiger partial charge on any atom is 0.0434 e. The van der Waals surface area contributed by atoms with E-state index >= 15 is 0 Å². The molecule has 2 heteroatoms. The Bertz CT molecular complexity index is 4550. The van der Waals surface area contributed by atoms with Crippen molar-refractivity contribution < 1.29 is 0 Å². The van der Waals surface area contributed by atoms with Gasteiger partial charge in [0.05, 0.1) is 0 Å². The van der Waals surface area contributed by atoms with Crippen molar-refractivity contribution in [1.82, 2.24) is 0 Å². The molecule has 0 atom stereocenters. The molecule has 0 saturated carbocycles. The van der Waals surface area contributed by atoms with Crippen LogP contribution >= 0.6 is 22.7 Å². The number of rotatable bonds is 4.